The zero-order valence-corrected chi connectivity index (χ0v) is 19.7. The van der Waals surface area contributed by atoms with Gasteiger partial charge in [-0.15, -0.1) is 0 Å². The van der Waals surface area contributed by atoms with Gasteiger partial charge in [0.15, 0.2) is 0 Å². The van der Waals surface area contributed by atoms with Crippen molar-refractivity contribution in [2.45, 2.75) is 26.3 Å². The molecule has 0 aliphatic carbocycles. The van der Waals surface area contributed by atoms with E-state index < -0.39 is 0 Å². The molecule has 0 atom stereocenters. The fourth-order valence-corrected chi connectivity index (χ4v) is 4.72. The van der Waals surface area contributed by atoms with E-state index in [1.54, 1.807) is 12.1 Å². The molecule has 176 valence electrons. The number of nitrogens with one attached hydrogen (secondary N) is 1. The van der Waals surface area contributed by atoms with Crippen LogP contribution in [0.5, 0.6) is 0 Å². The second-order valence-corrected chi connectivity index (χ2v) is 9.05. The molecular weight excluding hydrogens is 407 g/mol. The fourth-order valence-electron chi connectivity index (χ4n) is 4.72. The SMILES string of the molecule is CC(C)c1nn(C)c(N2CCOCC2)c1CNCCN1CCN(c2ccc(F)cc2)CC1. The van der Waals surface area contributed by atoms with E-state index in [4.69, 9.17) is 9.84 Å². The Kier molecular flexibility index (Phi) is 7.65. The molecule has 2 aromatic rings. The molecule has 2 aliphatic rings. The monoisotopic (exact) mass is 444 g/mol. The number of piperazine rings is 1. The van der Waals surface area contributed by atoms with Gasteiger partial charge in [-0.05, 0) is 30.2 Å². The van der Waals surface area contributed by atoms with Crippen molar-refractivity contribution in [1.29, 1.82) is 0 Å². The summed E-state index contributed by atoms with van der Waals surface area (Å²) in [5, 5.41) is 8.53. The Morgan fingerprint density at radius 1 is 1.00 bits per heavy atom. The van der Waals surface area contributed by atoms with Gasteiger partial charge in [0.25, 0.3) is 0 Å². The zero-order valence-electron chi connectivity index (χ0n) is 19.7. The largest absolute Gasteiger partial charge is 0.378 e. The van der Waals surface area contributed by atoms with E-state index in [-0.39, 0.29) is 5.82 Å². The Hall–Kier alpha value is -2.16. The standard InChI is InChI=1S/C24H37FN6O/c1-19(2)23-22(24(28(3)27-23)31-14-16-32-17-15-31)18-26-8-9-29-10-12-30(13-11-29)21-6-4-20(25)5-7-21/h4-7,19,26H,8-18H2,1-3H3. The third-order valence-corrected chi connectivity index (χ3v) is 6.47. The van der Waals surface area contributed by atoms with Crippen molar-refractivity contribution in [3.8, 4) is 0 Å². The van der Waals surface area contributed by atoms with Crippen LogP contribution in [-0.4, -0.2) is 80.3 Å². The quantitative estimate of drug-likeness (QED) is 0.631. The molecule has 2 fully saturated rings. The molecule has 0 saturated carbocycles. The molecule has 7 nitrogen and oxygen atoms in total. The van der Waals surface area contributed by atoms with Crippen molar-refractivity contribution in [3.05, 3.63) is 41.3 Å². The van der Waals surface area contributed by atoms with Gasteiger partial charge in [-0.2, -0.15) is 5.10 Å². The molecule has 1 N–H and O–H groups in total. The van der Waals surface area contributed by atoms with Gasteiger partial charge in [-0.25, -0.2) is 4.39 Å². The first-order valence-electron chi connectivity index (χ1n) is 11.8. The number of hydrogen-bond acceptors (Lipinski definition) is 6. The molecule has 8 heteroatoms. The van der Waals surface area contributed by atoms with Crippen LogP contribution in [0.3, 0.4) is 0 Å². The Labute approximate surface area is 191 Å². The second kappa shape index (κ2) is 10.6. The molecule has 0 unspecified atom stereocenters. The van der Waals surface area contributed by atoms with Gasteiger partial charge in [0.1, 0.15) is 11.6 Å². The van der Waals surface area contributed by atoms with Crippen LogP contribution in [-0.2, 0) is 18.3 Å². The molecule has 32 heavy (non-hydrogen) atoms. The lowest BCUT2D eigenvalue weighted by atomic mass is 10.0. The Bertz CT molecular complexity index is 854. The first kappa shape index (κ1) is 23.0. The summed E-state index contributed by atoms with van der Waals surface area (Å²) in [4.78, 5) is 7.25. The molecular formula is C24H37FN6O. The third kappa shape index (κ3) is 5.42. The van der Waals surface area contributed by atoms with Crippen LogP contribution in [0, 0.1) is 5.82 Å². The number of aromatic nitrogens is 2. The first-order chi connectivity index (χ1) is 15.5. The summed E-state index contributed by atoms with van der Waals surface area (Å²) in [6, 6.07) is 6.83. The van der Waals surface area contributed by atoms with Gasteiger partial charge in [0.05, 0.1) is 18.9 Å². The van der Waals surface area contributed by atoms with E-state index in [1.807, 2.05) is 16.8 Å². The summed E-state index contributed by atoms with van der Waals surface area (Å²) in [5.74, 6) is 1.45. The normalized spacial score (nSPS) is 18.0. The summed E-state index contributed by atoms with van der Waals surface area (Å²) in [6.07, 6.45) is 0. The number of hydrogen-bond donors (Lipinski definition) is 1. The van der Waals surface area contributed by atoms with Gasteiger partial charge >= 0.3 is 0 Å². The number of rotatable bonds is 8. The molecule has 1 aromatic carbocycles. The number of benzene rings is 1. The summed E-state index contributed by atoms with van der Waals surface area (Å²) in [7, 11) is 2.06. The lowest BCUT2D eigenvalue weighted by Gasteiger charge is -2.36. The van der Waals surface area contributed by atoms with Crippen LogP contribution in [0.1, 0.15) is 31.0 Å². The minimum Gasteiger partial charge on any atom is -0.378 e. The van der Waals surface area contributed by atoms with Crippen LogP contribution >= 0.6 is 0 Å². The Morgan fingerprint density at radius 2 is 1.69 bits per heavy atom. The molecule has 2 saturated heterocycles. The van der Waals surface area contributed by atoms with E-state index in [0.717, 1.165) is 77.8 Å². The van der Waals surface area contributed by atoms with E-state index >= 15 is 0 Å². The first-order valence-corrected chi connectivity index (χ1v) is 11.8. The highest BCUT2D eigenvalue weighted by molar-refractivity contribution is 5.51. The molecule has 0 amide bonds. The Morgan fingerprint density at radius 3 is 2.34 bits per heavy atom. The molecule has 1 aromatic heterocycles. The number of nitrogens with zero attached hydrogens (tertiary/aromatic N) is 5. The minimum absolute atomic E-state index is 0.176. The highest BCUT2D eigenvalue weighted by Gasteiger charge is 2.24. The highest BCUT2D eigenvalue weighted by Crippen LogP contribution is 2.29. The number of anilines is 2. The number of aryl methyl sites for hydroxylation is 1. The summed E-state index contributed by atoms with van der Waals surface area (Å²) in [6.45, 7) is 14.7. The van der Waals surface area contributed by atoms with E-state index in [1.165, 1.54) is 17.1 Å². The van der Waals surface area contributed by atoms with Crippen molar-refractivity contribution >= 4 is 11.5 Å². The fraction of sp³-hybridized carbons (Fsp3) is 0.625. The predicted molar refractivity (Wildman–Crippen MR) is 127 cm³/mol. The third-order valence-electron chi connectivity index (χ3n) is 6.47. The van der Waals surface area contributed by atoms with Crippen molar-refractivity contribution in [2.24, 2.45) is 7.05 Å². The highest BCUT2D eigenvalue weighted by atomic mass is 19.1. The minimum atomic E-state index is -0.176. The second-order valence-electron chi connectivity index (χ2n) is 9.05. The lowest BCUT2D eigenvalue weighted by molar-refractivity contribution is 0.122. The average molecular weight is 445 g/mol. The van der Waals surface area contributed by atoms with E-state index in [2.05, 4.69) is 40.9 Å². The van der Waals surface area contributed by atoms with Crippen molar-refractivity contribution in [1.82, 2.24) is 20.0 Å². The maximum absolute atomic E-state index is 13.2. The maximum Gasteiger partial charge on any atom is 0.131 e. The smallest absolute Gasteiger partial charge is 0.131 e. The van der Waals surface area contributed by atoms with Crippen molar-refractivity contribution < 1.29 is 9.13 Å². The van der Waals surface area contributed by atoms with Crippen LogP contribution in [0.4, 0.5) is 15.9 Å². The average Bonchev–Trinajstić information content (AvgIpc) is 3.14. The van der Waals surface area contributed by atoms with Crippen LogP contribution in [0.2, 0.25) is 0 Å². The van der Waals surface area contributed by atoms with E-state index in [0.29, 0.717) is 5.92 Å². The van der Waals surface area contributed by atoms with Gasteiger partial charge in [0.2, 0.25) is 0 Å². The van der Waals surface area contributed by atoms with Crippen LogP contribution in [0.15, 0.2) is 24.3 Å². The van der Waals surface area contributed by atoms with E-state index in [9.17, 15) is 4.39 Å². The molecule has 0 radical (unpaired) electrons. The number of ether oxygens (including phenoxy) is 1. The molecule has 3 heterocycles. The Balaban J connectivity index is 1.28. The van der Waals surface area contributed by atoms with Gasteiger partial charge in [0, 0.05) is 77.2 Å². The molecule has 4 rings (SSSR count). The molecule has 0 bridgehead atoms. The van der Waals surface area contributed by atoms with Gasteiger partial charge in [-0.1, -0.05) is 13.8 Å². The maximum atomic E-state index is 13.2. The molecule has 2 aliphatic heterocycles. The van der Waals surface area contributed by atoms with Crippen LogP contribution < -0.4 is 15.1 Å². The van der Waals surface area contributed by atoms with Crippen LogP contribution in [0.25, 0.3) is 0 Å². The summed E-state index contributed by atoms with van der Waals surface area (Å²) < 4.78 is 20.8. The lowest BCUT2D eigenvalue weighted by Crippen LogP contribution is -2.48. The summed E-state index contributed by atoms with van der Waals surface area (Å²) >= 11 is 0. The van der Waals surface area contributed by atoms with Crippen molar-refractivity contribution in [3.63, 3.8) is 0 Å². The zero-order chi connectivity index (χ0) is 22.5. The van der Waals surface area contributed by atoms with Gasteiger partial charge in [-0.3, -0.25) is 9.58 Å². The summed E-state index contributed by atoms with van der Waals surface area (Å²) in [5.41, 5.74) is 3.62. The number of halogens is 1. The van der Waals surface area contributed by atoms with Gasteiger partial charge < -0.3 is 19.9 Å². The van der Waals surface area contributed by atoms with Crippen molar-refractivity contribution in [2.75, 3.05) is 75.4 Å². The number of morpholine rings is 1. The molecule has 0 spiro atoms. The topological polar surface area (TPSA) is 48.8 Å². The predicted octanol–water partition coefficient (Wildman–Crippen LogP) is 2.43.